The van der Waals surface area contributed by atoms with Crippen molar-refractivity contribution in [2.75, 3.05) is 0 Å². The smallest absolute Gasteiger partial charge is 0.199 e. The first-order valence-electron chi connectivity index (χ1n) is 11.0. The quantitative estimate of drug-likeness (QED) is 0.673. The summed E-state index contributed by atoms with van der Waals surface area (Å²) in [4.78, 5) is 4.39. The lowest BCUT2D eigenvalue weighted by Gasteiger charge is -2.28. The van der Waals surface area contributed by atoms with Crippen molar-refractivity contribution in [3.8, 4) is 0 Å². The van der Waals surface area contributed by atoms with Gasteiger partial charge in [0.25, 0.3) is 0 Å². The average Bonchev–Trinajstić information content (AvgIpc) is 3.09. The van der Waals surface area contributed by atoms with Crippen LogP contribution in [0.25, 0.3) is 11.3 Å². The first kappa shape index (κ1) is 20.3. The standard InChI is InChI=1S/C23H25BN4.C2H6/c1-14(2)19-5-3-4-15-9-22-24(10-20(15)19)11-21(28-22)16-6-7-17-12-26-23(25)27-13-18(17)8-16;1-2/h3-8,11,22,28H,1,9-10,12-13H2,2H3,(H3,25,26,27);1-2H3. The molecule has 1 unspecified atom stereocenters. The molecule has 0 aliphatic carbocycles. The second-order valence-electron chi connectivity index (χ2n) is 8.17. The zero-order valence-electron chi connectivity index (χ0n) is 18.3. The van der Waals surface area contributed by atoms with Crippen molar-refractivity contribution in [1.29, 1.82) is 0 Å². The van der Waals surface area contributed by atoms with Gasteiger partial charge in [-0.3, -0.25) is 0 Å². The van der Waals surface area contributed by atoms with E-state index in [9.17, 15) is 0 Å². The number of rotatable bonds is 2. The molecule has 0 bridgehead atoms. The van der Waals surface area contributed by atoms with Crippen molar-refractivity contribution in [3.63, 3.8) is 0 Å². The van der Waals surface area contributed by atoms with E-state index in [0.29, 0.717) is 25.2 Å². The van der Waals surface area contributed by atoms with Crippen LogP contribution >= 0.6 is 0 Å². The molecule has 5 rings (SSSR count). The molecule has 3 aliphatic heterocycles. The van der Waals surface area contributed by atoms with Gasteiger partial charge in [-0.2, -0.15) is 0 Å². The van der Waals surface area contributed by atoms with Gasteiger partial charge in [-0.05, 0) is 59.1 Å². The van der Waals surface area contributed by atoms with E-state index in [-0.39, 0.29) is 0 Å². The molecule has 3 aliphatic rings. The first-order chi connectivity index (χ1) is 14.6. The van der Waals surface area contributed by atoms with Crippen LogP contribution in [0.5, 0.6) is 0 Å². The summed E-state index contributed by atoms with van der Waals surface area (Å²) < 4.78 is 0. The molecule has 4 nitrogen and oxygen atoms in total. The van der Waals surface area contributed by atoms with Crippen LogP contribution in [0, 0.1) is 0 Å². The Kier molecular flexibility index (Phi) is 5.71. The van der Waals surface area contributed by atoms with Crippen molar-refractivity contribution in [1.82, 2.24) is 10.6 Å². The van der Waals surface area contributed by atoms with Crippen LogP contribution in [0.1, 0.15) is 54.2 Å². The van der Waals surface area contributed by atoms with E-state index in [1.54, 1.807) is 0 Å². The Morgan fingerprint density at radius 3 is 2.80 bits per heavy atom. The van der Waals surface area contributed by atoms with Crippen molar-refractivity contribution >= 4 is 23.9 Å². The van der Waals surface area contributed by atoms with E-state index in [1.807, 2.05) is 13.8 Å². The number of allylic oxidation sites excluding steroid dienone is 1. The second-order valence-corrected chi connectivity index (χ2v) is 8.17. The number of nitrogens with two attached hydrogens (primary N) is 1. The highest BCUT2D eigenvalue weighted by atomic mass is 15.1. The van der Waals surface area contributed by atoms with E-state index in [0.717, 1.165) is 24.9 Å². The Labute approximate surface area is 180 Å². The van der Waals surface area contributed by atoms with Crippen molar-refractivity contribution in [3.05, 3.63) is 82.3 Å². The number of hydrogen-bond donors (Lipinski definition) is 3. The Balaban J connectivity index is 0.00000106. The van der Waals surface area contributed by atoms with Gasteiger partial charge in [0.1, 0.15) is 0 Å². The second kappa shape index (κ2) is 8.43. The minimum absolute atomic E-state index is 0.469. The average molecular weight is 398 g/mol. The van der Waals surface area contributed by atoms with Gasteiger partial charge < -0.3 is 16.4 Å². The van der Waals surface area contributed by atoms with Crippen LogP contribution in [0.4, 0.5) is 0 Å². The van der Waals surface area contributed by atoms with E-state index in [4.69, 9.17) is 5.73 Å². The van der Waals surface area contributed by atoms with Crippen LogP contribution < -0.4 is 16.4 Å². The Morgan fingerprint density at radius 2 is 2.00 bits per heavy atom. The largest absolute Gasteiger partial charge is 0.389 e. The van der Waals surface area contributed by atoms with Crippen molar-refractivity contribution < 1.29 is 0 Å². The van der Waals surface area contributed by atoms with E-state index >= 15 is 0 Å². The number of benzene rings is 2. The lowest BCUT2D eigenvalue weighted by molar-refractivity contribution is 0.749. The SMILES string of the molecule is C=C(C)c1cccc2c1CB1C=C(c3ccc4c(c3)CN=C(N)NC4)NC1C2.CC. The van der Waals surface area contributed by atoms with Gasteiger partial charge >= 0.3 is 0 Å². The third-order valence-corrected chi connectivity index (χ3v) is 6.25. The maximum Gasteiger partial charge on any atom is 0.199 e. The van der Waals surface area contributed by atoms with Gasteiger partial charge in [-0.25, -0.2) is 4.99 Å². The van der Waals surface area contributed by atoms with Crippen LogP contribution in [0.3, 0.4) is 0 Å². The summed E-state index contributed by atoms with van der Waals surface area (Å²) in [6.07, 6.45) is 2.14. The number of aliphatic imine (C=N–C) groups is 1. The number of hydrogen-bond acceptors (Lipinski definition) is 4. The maximum atomic E-state index is 5.84. The van der Waals surface area contributed by atoms with Crippen LogP contribution in [-0.2, 0) is 25.8 Å². The minimum Gasteiger partial charge on any atom is -0.389 e. The fourth-order valence-corrected chi connectivity index (χ4v) is 4.73. The predicted molar refractivity (Wildman–Crippen MR) is 129 cm³/mol. The molecule has 5 heteroatoms. The zero-order chi connectivity index (χ0) is 21.3. The molecule has 154 valence electrons. The summed E-state index contributed by atoms with van der Waals surface area (Å²) >= 11 is 0. The minimum atomic E-state index is 0.469. The van der Waals surface area contributed by atoms with Crippen LogP contribution in [0.15, 0.2) is 53.9 Å². The topological polar surface area (TPSA) is 62.4 Å². The fraction of sp³-hybridized carbons (Fsp3) is 0.320. The maximum absolute atomic E-state index is 5.84. The lowest BCUT2D eigenvalue weighted by Crippen LogP contribution is -2.42. The Bertz CT molecular complexity index is 1040. The summed E-state index contributed by atoms with van der Waals surface area (Å²) in [5, 5.41) is 6.94. The molecule has 0 saturated carbocycles. The molecule has 0 spiro atoms. The summed E-state index contributed by atoms with van der Waals surface area (Å²) in [5.74, 6) is 3.42. The van der Waals surface area contributed by atoms with Gasteiger partial charge in [0.05, 0.1) is 6.54 Å². The summed E-state index contributed by atoms with van der Waals surface area (Å²) in [6.45, 7) is 12.2. The zero-order valence-corrected chi connectivity index (χ0v) is 18.3. The Morgan fingerprint density at radius 1 is 1.17 bits per heavy atom. The monoisotopic (exact) mass is 398 g/mol. The van der Waals surface area contributed by atoms with Crippen LogP contribution in [0.2, 0.25) is 0 Å². The van der Waals surface area contributed by atoms with Crippen molar-refractivity contribution in [2.24, 2.45) is 10.7 Å². The molecule has 0 radical (unpaired) electrons. The third kappa shape index (κ3) is 3.76. The molecule has 3 heterocycles. The molecule has 0 saturated heterocycles. The molecule has 30 heavy (non-hydrogen) atoms. The molecule has 0 amide bonds. The summed E-state index contributed by atoms with van der Waals surface area (Å²) in [6, 6.07) is 13.3. The highest BCUT2D eigenvalue weighted by molar-refractivity contribution is 6.68. The third-order valence-electron chi connectivity index (χ3n) is 6.25. The Hall–Kier alpha value is -2.95. The first-order valence-corrected chi connectivity index (χ1v) is 11.0. The highest BCUT2D eigenvalue weighted by Crippen LogP contribution is 2.33. The molecule has 2 aromatic rings. The number of guanidine groups is 1. The normalized spacial score (nSPS) is 18.8. The van der Waals surface area contributed by atoms with Gasteiger partial charge in [0.2, 0.25) is 0 Å². The fourth-order valence-electron chi connectivity index (χ4n) is 4.73. The lowest BCUT2D eigenvalue weighted by atomic mass is 9.39. The highest BCUT2D eigenvalue weighted by Gasteiger charge is 2.36. The summed E-state index contributed by atoms with van der Waals surface area (Å²) in [7, 11) is 0. The molecule has 0 fully saturated rings. The molecular formula is C25H31BN4. The van der Waals surface area contributed by atoms with Gasteiger partial charge in [0, 0.05) is 18.2 Å². The van der Waals surface area contributed by atoms with E-state index < -0.39 is 0 Å². The number of nitrogens with one attached hydrogen (secondary N) is 2. The van der Waals surface area contributed by atoms with E-state index in [2.05, 4.69) is 71.5 Å². The molecular weight excluding hydrogens is 367 g/mol. The molecule has 1 atom stereocenters. The molecule has 4 N–H and O–H groups in total. The van der Waals surface area contributed by atoms with E-state index in [1.165, 1.54) is 39.1 Å². The van der Waals surface area contributed by atoms with Crippen molar-refractivity contribution in [2.45, 2.75) is 52.5 Å². The predicted octanol–water partition coefficient (Wildman–Crippen LogP) is 3.89. The van der Waals surface area contributed by atoms with Gasteiger partial charge in [-0.1, -0.05) is 62.3 Å². The molecule has 2 aromatic carbocycles. The van der Waals surface area contributed by atoms with Gasteiger partial charge in [-0.15, -0.1) is 0 Å². The van der Waals surface area contributed by atoms with Crippen LogP contribution in [-0.4, -0.2) is 18.6 Å². The molecule has 0 aromatic heterocycles. The number of fused-ring (bicyclic) bond motifs is 3. The number of nitrogens with zero attached hydrogens (tertiary/aromatic N) is 1. The summed E-state index contributed by atoms with van der Waals surface area (Å²) in [5.41, 5.74) is 16.3. The van der Waals surface area contributed by atoms with Gasteiger partial charge in [0.15, 0.2) is 12.7 Å².